The molecule has 0 unspecified atom stereocenters. The zero-order valence-corrected chi connectivity index (χ0v) is 47.9. The molecule has 2 aliphatic rings. The van der Waals surface area contributed by atoms with Crippen LogP contribution >= 0.6 is 44.3 Å². The maximum absolute atomic E-state index is 11.0. The summed E-state index contributed by atoms with van der Waals surface area (Å²) in [5.41, 5.74) is 16.1. The highest BCUT2D eigenvalue weighted by Crippen LogP contribution is 2.37. The molecule has 2 atom stereocenters. The third-order valence-corrected chi connectivity index (χ3v) is 13.2. The van der Waals surface area contributed by atoms with Gasteiger partial charge in [0.05, 0.1) is 38.1 Å². The number of methoxy groups -OCH3 is 4. The van der Waals surface area contributed by atoms with Crippen LogP contribution in [0.25, 0.3) is 21.8 Å². The van der Waals surface area contributed by atoms with Crippen LogP contribution in [0.2, 0.25) is 0 Å². The summed E-state index contributed by atoms with van der Waals surface area (Å²) in [4.78, 5) is 18.0. The predicted molar refractivity (Wildman–Crippen MR) is 312 cm³/mol. The molecule has 14 heteroatoms. The topological polar surface area (TPSA) is 164 Å². The molecule has 0 saturated heterocycles. The van der Waals surface area contributed by atoms with Crippen LogP contribution in [-0.2, 0) is 40.1 Å². The Morgan fingerprint density at radius 2 is 1.11 bits per heavy atom. The van der Waals surface area contributed by atoms with Crippen molar-refractivity contribution in [2.45, 2.75) is 124 Å². The number of hydrogen-bond donors (Lipinski definition) is 6. The SMILES string of the molecule is C.CC.CC(C)(O)c1ccc(CN[C@@H]2CCCc3c2[nH]c2ccc(Br)cc32)cc1.CCOC.COC(=O)c1ccc(OC)cc1.COc1ccc(C(C)(C)O)cc1.Cl.N[C@@H]1CCCc2c1[nH]c1ccc(Br)cc21. The van der Waals surface area contributed by atoms with E-state index in [-0.39, 0.29) is 31.8 Å². The first-order valence-electron chi connectivity index (χ1n) is 24.4. The van der Waals surface area contributed by atoms with Gasteiger partial charge in [0.1, 0.15) is 11.5 Å². The van der Waals surface area contributed by atoms with E-state index in [0.29, 0.717) is 11.6 Å². The van der Waals surface area contributed by atoms with Gasteiger partial charge in [-0.15, -0.1) is 12.4 Å². The quantitative estimate of drug-likeness (QED) is 0.0772. The molecule has 0 radical (unpaired) electrons. The van der Waals surface area contributed by atoms with E-state index in [1.165, 1.54) is 69.8 Å². The van der Waals surface area contributed by atoms with E-state index in [4.69, 9.17) is 15.2 Å². The van der Waals surface area contributed by atoms with E-state index in [1.807, 2.05) is 71.0 Å². The molecule has 0 saturated carbocycles. The van der Waals surface area contributed by atoms with Gasteiger partial charge in [0.25, 0.3) is 0 Å². The second kappa shape index (κ2) is 31.2. The lowest BCUT2D eigenvalue weighted by Gasteiger charge is -2.24. The molecule has 0 spiro atoms. The van der Waals surface area contributed by atoms with Crippen LogP contribution in [0.15, 0.2) is 118 Å². The third kappa shape index (κ3) is 18.9. The molecule has 2 aromatic heterocycles. The van der Waals surface area contributed by atoms with Gasteiger partial charge in [-0.2, -0.15) is 0 Å². The van der Waals surface area contributed by atoms with Crippen LogP contribution in [0.5, 0.6) is 11.5 Å². The number of aromatic amines is 2. The maximum atomic E-state index is 11.0. The highest BCUT2D eigenvalue weighted by molar-refractivity contribution is 9.10. The molecule has 2 heterocycles. The number of carbonyl (C=O) groups excluding carboxylic acids is 1. The van der Waals surface area contributed by atoms with Gasteiger partial charge in [0.15, 0.2) is 0 Å². The monoisotopic (exact) mass is 1150 g/mol. The summed E-state index contributed by atoms with van der Waals surface area (Å²) in [7, 11) is 6.23. The number of hydrogen-bond acceptors (Lipinski definition) is 9. The number of halogens is 3. The molecule has 9 rings (SSSR count). The van der Waals surface area contributed by atoms with Crippen LogP contribution < -0.4 is 20.5 Å². The summed E-state index contributed by atoms with van der Waals surface area (Å²) in [5.74, 6) is 1.20. The second-order valence-corrected chi connectivity index (χ2v) is 19.9. The van der Waals surface area contributed by atoms with Crippen molar-refractivity contribution >= 4 is 72.0 Å². The molecule has 73 heavy (non-hydrogen) atoms. The van der Waals surface area contributed by atoms with Crippen molar-refractivity contribution in [2.24, 2.45) is 5.73 Å². The maximum Gasteiger partial charge on any atom is 0.337 e. The molecule has 400 valence electrons. The van der Waals surface area contributed by atoms with Crippen molar-refractivity contribution < 1.29 is 34.0 Å². The fourth-order valence-corrected chi connectivity index (χ4v) is 8.95. The molecule has 0 aliphatic heterocycles. The number of H-pyrrole nitrogens is 2. The number of benzene rings is 5. The molecule has 2 aliphatic carbocycles. The lowest BCUT2D eigenvalue weighted by Crippen LogP contribution is -2.25. The molecule has 0 fully saturated rings. The number of ether oxygens (including phenoxy) is 4. The van der Waals surface area contributed by atoms with E-state index in [9.17, 15) is 15.0 Å². The summed E-state index contributed by atoms with van der Waals surface area (Å²) in [6.07, 6.45) is 6.96. The number of aromatic nitrogens is 2. The van der Waals surface area contributed by atoms with Crippen molar-refractivity contribution in [3.05, 3.63) is 163 Å². The van der Waals surface area contributed by atoms with Crippen LogP contribution in [-0.4, -0.2) is 61.2 Å². The molecule has 0 amide bonds. The van der Waals surface area contributed by atoms with Gasteiger partial charge in [0, 0.05) is 74.5 Å². The van der Waals surface area contributed by atoms with Gasteiger partial charge in [-0.05, 0) is 174 Å². The molecule has 7 aromatic rings. The number of fused-ring (bicyclic) bond motifs is 6. The number of carbonyl (C=O) groups is 1. The lowest BCUT2D eigenvalue weighted by molar-refractivity contribution is 0.0600. The summed E-state index contributed by atoms with van der Waals surface area (Å²) < 4.78 is 21.3. The highest BCUT2D eigenvalue weighted by atomic mass is 79.9. The number of aliphatic hydroxyl groups is 2. The standard InChI is InChI=1S/C22H25BrN2O.C12H13BrN2.C10H14O2.C9H10O3.C3H8O.C2H6.CH4.ClH/c1-22(2,26)15-8-6-14(7-9-15)13-24-20-5-3-4-17-18-12-16(23)10-11-19(18)25-21(17)20;13-7-4-5-11-9(6-7)8-2-1-3-10(14)12(8)15-11;1-10(2,11)8-4-6-9(12-3)7-5-8;1-11-8-5-3-7(4-6-8)9(10)12-2;1-3-4-2;1-2;;/h6-12,20,24-26H,3-5,13H2,1-2H3;4-6,10,15H,1-3,14H2;4-7,11H,1-3H3;3-6H,1-2H3;3H2,1-2H3;1-2H3;1H4;1H/t20-;10-;;;;;;/m11....../s1. The minimum absolute atomic E-state index is 0. The summed E-state index contributed by atoms with van der Waals surface area (Å²) in [6, 6.07) is 35.8. The predicted octanol–water partition coefficient (Wildman–Crippen LogP) is 14.7. The van der Waals surface area contributed by atoms with Gasteiger partial charge in [-0.3, -0.25) is 0 Å². The molecule has 7 N–H and O–H groups in total. The lowest BCUT2D eigenvalue weighted by atomic mass is 9.91. The number of rotatable bonds is 9. The Hall–Kier alpha value is -4.70. The summed E-state index contributed by atoms with van der Waals surface area (Å²) in [6.45, 7) is 14.8. The summed E-state index contributed by atoms with van der Waals surface area (Å²) in [5, 5.41) is 26.1. The molecular formula is C59H81Br2ClN4O7. The highest BCUT2D eigenvalue weighted by Gasteiger charge is 2.25. The second-order valence-electron chi connectivity index (χ2n) is 18.1. The van der Waals surface area contributed by atoms with Crippen LogP contribution in [0.4, 0.5) is 0 Å². The normalized spacial score (nSPS) is 14.3. The van der Waals surface area contributed by atoms with Crippen LogP contribution in [0.1, 0.15) is 143 Å². The number of aryl methyl sites for hydroxylation is 2. The average Bonchev–Trinajstić information content (AvgIpc) is 3.95. The van der Waals surface area contributed by atoms with Crippen molar-refractivity contribution in [1.29, 1.82) is 0 Å². The molecule has 0 bridgehead atoms. The van der Waals surface area contributed by atoms with Gasteiger partial charge < -0.3 is 50.2 Å². The first-order chi connectivity index (χ1) is 33.9. The first-order valence-corrected chi connectivity index (χ1v) is 26.0. The van der Waals surface area contributed by atoms with E-state index in [2.05, 4.69) is 105 Å². The fourth-order valence-electron chi connectivity index (χ4n) is 8.22. The molecule has 11 nitrogen and oxygen atoms in total. The Morgan fingerprint density at radius 1 is 0.685 bits per heavy atom. The Kier molecular flexibility index (Phi) is 27.6. The van der Waals surface area contributed by atoms with Gasteiger partial charge >= 0.3 is 5.97 Å². The van der Waals surface area contributed by atoms with Crippen molar-refractivity contribution in [3.63, 3.8) is 0 Å². The van der Waals surface area contributed by atoms with Gasteiger partial charge in [0.2, 0.25) is 0 Å². The van der Waals surface area contributed by atoms with Gasteiger partial charge in [-0.25, -0.2) is 4.79 Å². The summed E-state index contributed by atoms with van der Waals surface area (Å²) >= 11 is 7.11. The van der Waals surface area contributed by atoms with E-state index in [1.54, 1.807) is 59.4 Å². The number of esters is 1. The van der Waals surface area contributed by atoms with Crippen molar-refractivity contribution in [3.8, 4) is 11.5 Å². The average molecular weight is 1150 g/mol. The zero-order chi connectivity index (χ0) is 52.3. The Labute approximate surface area is 458 Å². The number of nitrogens with two attached hydrogens (primary N) is 1. The van der Waals surface area contributed by atoms with Crippen LogP contribution in [0.3, 0.4) is 0 Å². The molecular weight excluding hydrogens is 1070 g/mol. The van der Waals surface area contributed by atoms with E-state index in [0.717, 1.165) is 70.4 Å². The largest absolute Gasteiger partial charge is 0.497 e. The van der Waals surface area contributed by atoms with Gasteiger partial charge in [-0.1, -0.05) is 89.5 Å². The number of nitrogens with one attached hydrogen (secondary N) is 3. The zero-order valence-electron chi connectivity index (χ0n) is 43.9. The van der Waals surface area contributed by atoms with E-state index >= 15 is 0 Å². The molecule has 5 aromatic carbocycles. The minimum atomic E-state index is -0.789. The fraction of sp³-hybridized carbons (Fsp3) is 0.407. The Balaban J connectivity index is 0.000000336. The minimum Gasteiger partial charge on any atom is -0.497 e. The first kappa shape index (κ1) is 64.4. The van der Waals surface area contributed by atoms with E-state index < -0.39 is 11.2 Å². The Bertz CT molecular complexity index is 2690. The Morgan fingerprint density at radius 3 is 1.55 bits per heavy atom. The smallest absolute Gasteiger partial charge is 0.337 e. The third-order valence-electron chi connectivity index (χ3n) is 12.2. The van der Waals surface area contributed by atoms with Crippen molar-refractivity contribution in [2.75, 3.05) is 35.0 Å². The van der Waals surface area contributed by atoms with Crippen molar-refractivity contribution in [1.82, 2.24) is 15.3 Å². The van der Waals surface area contributed by atoms with Crippen LogP contribution in [0, 0.1) is 0 Å².